The lowest BCUT2D eigenvalue weighted by Gasteiger charge is -2.24. The Kier molecular flexibility index (Phi) is 10.4. The predicted octanol–water partition coefficient (Wildman–Crippen LogP) is 5.83. The Bertz CT molecular complexity index is 1440. The molecular weight excluding hydrogens is 554 g/mol. The van der Waals surface area contributed by atoms with Crippen LogP contribution in [0.5, 0.6) is 0 Å². The Balaban J connectivity index is 1.65. The van der Waals surface area contributed by atoms with E-state index in [1.54, 1.807) is 18.7 Å². The number of anilines is 1. The van der Waals surface area contributed by atoms with Crippen molar-refractivity contribution >= 4 is 35.9 Å². The van der Waals surface area contributed by atoms with Gasteiger partial charge in [0.05, 0.1) is 19.7 Å². The Hall–Kier alpha value is -3.67. The summed E-state index contributed by atoms with van der Waals surface area (Å²) < 4.78 is 12.1. The molecule has 1 aromatic heterocycles. The molecule has 0 saturated heterocycles. The predicted molar refractivity (Wildman–Crippen MR) is 163 cm³/mol. The Morgan fingerprint density at radius 2 is 1.98 bits per heavy atom. The fourth-order valence-electron chi connectivity index (χ4n) is 4.86. The molecule has 10 nitrogen and oxygen atoms in total. The summed E-state index contributed by atoms with van der Waals surface area (Å²) >= 11 is 1.15. The van der Waals surface area contributed by atoms with Gasteiger partial charge in [0.2, 0.25) is 12.2 Å². The van der Waals surface area contributed by atoms with Crippen molar-refractivity contribution in [3.05, 3.63) is 64.9 Å². The monoisotopic (exact) mass is 593 g/mol. The second kappa shape index (κ2) is 14.0. The smallest absolute Gasteiger partial charge is 0.257 e. The molecule has 0 bridgehead atoms. The third-order valence-corrected chi connectivity index (χ3v) is 8.22. The normalized spacial score (nSPS) is 16.6. The highest BCUT2D eigenvalue weighted by molar-refractivity contribution is 8.00. The van der Waals surface area contributed by atoms with Gasteiger partial charge in [-0.3, -0.25) is 24.7 Å². The molecule has 2 N–H and O–H groups in total. The van der Waals surface area contributed by atoms with Gasteiger partial charge in [-0.2, -0.15) is 4.47 Å². The minimum atomic E-state index is -1.02. The van der Waals surface area contributed by atoms with E-state index in [9.17, 15) is 14.8 Å². The number of amidine groups is 1. The van der Waals surface area contributed by atoms with Crippen molar-refractivity contribution in [2.45, 2.75) is 77.5 Å². The van der Waals surface area contributed by atoms with Gasteiger partial charge >= 0.3 is 0 Å². The minimum Gasteiger partial charge on any atom is -0.377 e. The average molecular weight is 594 g/mol. The first-order valence-corrected chi connectivity index (χ1v) is 15.0. The molecule has 2 amide bonds. The number of nitrogens with one attached hydrogen (secondary N) is 1. The zero-order valence-corrected chi connectivity index (χ0v) is 25.7. The van der Waals surface area contributed by atoms with Gasteiger partial charge in [-0.05, 0) is 62.4 Å². The van der Waals surface area contributed by atoms with Gasteiger partial charge in [-0.1, -0.05) is 54.9 Å². The summed E-state index contributed by atoms with van der Waals surface area (Å²) in [7, 11) is 0. The molecule has 1 unspecified atom stereocenters. The number of rotatable bonds is 15. The molecule has 224 valence electrons. The van der Waals surface area contributed by atoms with Gasteiger partial charge in [-0.25, -0.2) is 0 Å². The first-order chi connectivity index (χ1) is 20.2. The number of carbonyl (C=O) groups is 2. The minimum absolute atomic E-state index is 0.124. The van der Waals surface area contributed by atoms with E-state index in [2.05, 4.69) is 23.5 Å². The maximum Gasteiger partial charge on any atom is 0.257 e. The van der Waals surface area contributed by atoms with Gasteiger partial charge in [-0.15, -0.1) is 0 Å². The molecule has 0 spiro atoms. The van der Waals surface area contributed by atoms with Gasteiger partial charge in [0.25, 0.3) is 5.91 Å². The number of amides is 2. The number of benzene rings is 2. The van der Waals surface area contributed by atoms with Crippen molar-refractivity contribution in [1.82, 2.24) is 15.4 Å². The molecule has 0 fully saturated rings. The first kappa shape index (κ1) is 31.3. The highest BCUT2D eigenvalue weighted by atomic mass is 32.2. The van der Waals surface area contributed by atoms with Crippen molar-refractivity contribution in [2.75, 3.05) is 17.6 Å². The highest BCUT2D eigenvalue weighted by Gasteiger charge is 2.44. The molecule has 42 heavy (non-hydrogen) atoms. The van der Waals surface area contributed by atoms with E-state index in [0.29, 0.717) is 44.2 Å². The number of hydrogen-bond donors (Lipinski definition) is 2. The zero-order chi connectivity index (χ0) is 30.3. The molecule has 0 saturated carbocycles. The molecule has 11 heteroatoms. The number of nitrogens with zero attached hydrogens (tertiary/aromatic N) is 4. The van der Waals surface area contributed by atoms with E-state index in [-0.39, 0.29) is 12.5 Å². The SMILES string of the molecule is CCCCC1=NC(C)(CNC=O)C(=O)N1Cc1ccc(-c2ccccc2SN(O)c2noc(C)c2C)c(COCC)c1. The van der Waals surface area contributed by atoms with Gasteiger partial charge < -0.3 is 14.6 Å². The summed E-state index contributed by atoms with van der Waals surface area (Å²) in [4.78, 5) is 31.8. The summed E-state index contributed by atoms with van der Waals surface area (Å²) in [5.74, 6) is 1.62. The van der Waals surface area contributed by atoms with E-state index in [0.717, 1.165) is 67.8 Å². The van der Waals surface area contributed by atoms with E-state index in [4.69, 9.17) is 14.3 Å². The summed E-state index contributed by atoms with van der Waals surface area (Å²) in [5.41, 5.74) is 3.54. The van der Waals surface area contributed by atoms with Crippen molar-refractivity contribution < 1.29 is 24.1 Å². The van der Waals surface area contributed by atoms with Crippen LogP contribution < -0.4 is 9.79 Å². The van der Waals surface area contributed by atoms with E-state index in [1.807, 2.05) is 50.2 Å². The number of carbonyl (C=O) groups excluding carboxylic acids is 2. The third-order valence-electron chi connectivity index (χ3n) is 7.32. The zero-order valence-electron chi connectivity index (χ0n) is 24.8. The fourth-order valence-corrected chi connectivity index (χ4v) is 5.72. The lowest BCUT2D eigenvalue weighted by Crippen LogP contribution is -2.46. The molecular formula is C31H39N5O5S. The molecule has 0 radical (unpaired) electrons. The van der Waals surface area contributed by atoms with Crippen LogP contribution >= 0.6 is 11.9 Å². The van der Waals surface area contributed by atoms with Crippen LogP contribution in [0.4, 0.5) is 5.82 Å². The van der Waals surface area contributed by atoms with Crippen LogP contribution in [0.25, 0.3) is 11.1 Å². The molecule has 4 rings (SSSR count). The summed E-state index contributed by atoms with van der Waals surface area (Å²) in [6.07, 6.45) is 3.19. The van der Waals surface area contributed by atoms with Crippen molar-refractivity contribution in [2.24, 2.45) is 4.99 Å². The Labute approximate surface area is 251 Å². The maximum atomic E-state index is 13.5. The van der Waals surface area contributed by atoms with E-state index < -0.39 is 5.54 Å². The lowest BCUT2D eigenvalue weighted by molar-refractivity contribution is -0.131. The third kappa shape index (κ3) is 6.86. The Morgan fingerprint density at radius 1 is 1.19 bits per heavy atom. The van der Waals surface area contributed by atoms with Crippen molar-refractivity contribution in [3.8, 4) is 11.1 Å². The molecule has 2 heterocycles. The second-order valence-electron chi connectivity index (χ2n) is 10.5. The quantitative estimate of drug-likeness (QED) is 0.128. The lowest BCUT2D eigenvalue weighted by atomic mass is 9.97. The van der Waals surface area contributed by atoms with Gasteiger partial charge in [0.1, 0.15) is 11.6 Å². The maximum absolute atomic E-state index is 13.5. The topological polar surface area (TPSA) is 121 Å². The number of aliphatic imine (C=N–C) groups is 1. The molecule has 1 aliphatic rings. The van der Waals surface area contributed by atoms with Crippen molar-refractivity contribution in [3.63, 3.8) is 0 Å². The van der Waals surface area contributed by atoms with Crippen LogP contribution in [-0.4, -0.2) is 52.1 Å². The number of aromatic nitrogens is 1. The van der Waals surface area contributed by atoms with E-state index >= 15 is 0 Å². The number of ether oxygens (including phenoxy) is 1. The number of hydrogen-bond acceptors (Lipinski definition) is 9. The van der Waals surface area contributed by atoms with Crippen molar-refractivity contribution in [1.29, 1.82) is 0 Å². The van der Waals surface area contributed by atoms with E-state index in [1.165, 1.54) is 0 Å². The first-order valence-electron chi connectivity index (χ1n) is 14.2. The standard InChI is InChI=1S/C31H39N5O5S/c1-6-8-13-28-33-31(5,19-32-20-37)30(38)35(28)17-23-14-15-25(24(16-23)18-40-7-2)26-11-9-10-12-27(26)42-36(39)29-21(3)22(4)41-34-29/h9-12,14-16,20,39H,6-8,13,17-19H2,1-5H3,(H,32,37). The summed E-state index contributed by atoms with van der Waals surface area (Å²) in [5, 5.41) is 17.5. The van der Waals surface area contributed by atoms with Crippen LogP contribution in [0.1, 0.15) is 62.5 Å². The van der Waals surface area contributed by atoms with Crippen LogP contribution in [0.2, 0.25) is 0 Å². The molecule has 2 aromatic carbocycles. The molecule has 1 aliphatic heterocycles. The molecule has 0 aliphatic carbocycles. The molecule has 3 aromatic rings. The summed E-state index contributed by atoms with van der Waals surface area (Å²) in [6.45, 7) is 10.9. The van der Waals surface area contributed by atoms with Gasteiger partial charge in [0, 0.05) is 35.4 Å². The highest BCUT2D eigenvalue weighted by Crippen LogP contribution is 2.38. The second-order valence-corrected chi connectivity index (χ2v) is 11.4. The van der Waals surface area contributed by atoms with Crippen LogP contribution in [0.15, 0.2) is 56.9 Å². The number of aryl methyl sites for hydroxylation is 1. The largest absolute Gasteiger partial charge is 0.377 e. The molecule has 1 atom stereocenters. The fraction of sp³-hybridized carbons (Fsp3) is 0.419. The summed E-state index contributed by atoms with van der Waals surface area (Å²) in [6, 6.07) is 13.9. The van der Waals surface area contributed by atoms with Gasteiger partial charge in [0.15, 0.2) is 5.54 Å². The van der Waals surface area contributed by atoms with Crippen LogP contribution in [0.3, 0.4) is 0 Å². The van der Waals surface area contributed by atoms with Crippen LogP contribution in [0, 0.1) is 13.8 Å². The average Bonchev–Trinajstić information content (AvgIpc) is 3.44. The van der Waals surface area contributed by atoms with Crippen LogP contribution in [-0.2, 0) is 27.5 Å². The number of unbranched alkanes of at least 4 members (excludes halogenated alkanes) is 1. The Morgan fingerprint density at radius 3 is 2.67 bits per heavy atom.